The Morgan fingerprint density at radius 2 is 1.73 bits per heavy atom. The Morgan fingerprint density at radius 1 is 1.00 bits per heavy atom. The van der Waals surface area contributed by atoms with E-state index in [2.05, 4.69) is 28.9 Å². The summed E-state index contributed by atoms with van der Waals surface area (Å²) in [4.78, 5) is 15.2. The van der Waals surface area contributed by atoms with Crippen molar-refractivity contribution in [3.63, 3.8) is 0 Å². The van der Waals surface area contributed by atoms with Crippen LogP contribution in [0.4, 0.5) is 0 Å². The van der Waals surface area contributed by atoms with Crippen LogP contribution in [0.5, 0.6) is 0 Å². The monoisotopic (exact) mass is 458 g/mol. The third kappa shape index (κ3) is 6.02. The highest BCUT2D eigenvalue weighted by atomic mass is 32.2. The predicted molar refractivity (Wildman–Crippen MR) is 131 cm³/mol. The summed E-state index contributed by atoms with van der Waals surface area (Å²) in [5.41, 5.74) is 2.32. The molecule has 168 valence electrons. The summed E-state index contributed by atoms with van der Waals surface area (Å²) < 4.78 is 7.39. The van der Waals surface area contributed by atoms with Crippen LogP contribution in [0, 0.1) is 0 Å². The van der Waals surface area contributed by atoms with Crippen LogP contribution in [-0.2, 0) is 24.3 Å². The highest BCUT2D eigenvalue weighted by Gasteiger charge is 2.19. The number of amides is 1. The van der Waals surface area contributed by atoms with Gasteiger partial charge in [-0.3, -0.25) is 9.36 Å². The quantitative estimate of drug-likeness (QED) is 0.231. The van der Waals surface area contributed by atoms with Gasteiger partial charge in [-0.1, -0.05) is 78.5 Å². The Bertz CT molecular complexity index is 1160. The lowest BCUT2D eigenvalue weighted by molar-refractivity contribution is -0.128. The second-order valence-electron chi connectivity index (χ2n) is 7.51. The van der Waals surface area contributed by atoms with Gasteiger partial charge >= 0.3 is 0 Å². The Hall–Kier alpha value is -3.58. The Labute approximate surface area is 197 Å². The molecule has 0 unspecified atom stereocenters. The zero-order valence-corrected chi connectivity index (χ0v) is 19.2. The van der Waals surface area contributed by atoms with Gasteiger partial charge < -0.3 is 9.32 Å². The summed E-state index contributed by atoms with van der Waals surface area (Å²) in [5.74, 6) is 1.60. The summed E-state index contributed by atoms with van der Waals surface area (Å²) in [5, 5.41) is 9.23. The van der Waals surface area contributed by atoms with Gasteiger partial charge in [0.15, 0.2) is 10.9 Å². The third-order valence-corrected chi connectivity index (χ3v) is 6.13. The molecule has 0 aliphatic rings. The lowest BCUT2D eigenvalue weighted by Crippen LogP contribution is -2.34. The minimum Gasteiger partial charge on any atom is -0.461 e. The van der Waals surface area contributed by atoms with E-state index in [-0.39, 0.29) is 11.7 Å². The van der Waals surface area contributed by atoms with Gasteiger partial charge in [-0.25, -0.2) is 0 Å². The standard InChI is InChI=1S/C26H26N4O2S/c1-2-16-30-25(23-14-9-18-32-23)27-28-26(30)33-20-24(31)29(19-22-12-7-4-8-13-22)17-15-21-10-5-3-6-11-21/h2-14,18H,1,15-17,19-20H2. The molecule has 33 heavy (non-hydrogen) atoms. The first-order chi connectivity index (χ1) is 16.2. The lowest BCUT2D eigenvalue weighted by atomic mass is 10.1. The highest BCUT2D eigenvalue weighted by molar-refractivity contribution is 7.99. The molecule has 0 fully saturated rings. The van der Waals surface area contributed by atoms with E-state index >= 15 is 0 Å². The van der Waals surface area contributed by atoms with Crippen LogP contribution in [-0.4, -0.2) is 37.9 Å². The molecule has 0 aliphatic carbocycles. The highest BCUT2D eigenvalue weighted by Crippen LogP contribution is 2.25. The normalized spacial score (nSPS) is 10.8. The molecule has 0 atom stereocenters. The summed E-state index contributed by atoms with van der Waals surface area (Å²) in [7, 11) is 0. The van der Waals surface area contributed by atoms with E-state index in [0.717, 1.165) is 12.0 Å². The molecule has 0 saturated carbocycles. The van der Waals surface area contributed by atoms with E-state index in [1.807, 2.05) is 70.1 Å². The second kappa shape index (κ2) is 11.3. The zero-order valence-electron chi connectivity index (χ0n) is 18.3. The minimum absolute atomic E-state index is 0.0625. The molecule has 2 heterocycles. The molecule has 4 rings (SSSR count). The first-order valence-corrected chi connectivity index (χ1v) is 11.8. The van der Waals surface area contributed by atoms with Crippen molar-refractivity contribution in [2.24, 2.45) is 0 Å². The fourth-order valence-electron chi connectivity index (χ4n) is 3.50. The Balaban J connectivity index is 1.46. The molecule has 0 aliphatic heterocycles. The van der Waals surface area contributed by atoms with Gasteiger partial charge in [0, 0.05) is 19.6 Å². The Morgan fingerprint density at radius 3 is 2.39 bits per heavy atom. The molecule has 2 aromatic carbocycles. The molecular formula is C26H26N4O2S. The number of hydrogen-bond donors (Lipinski definition) is 0. The summed E-state index contributed by atoms with van der Waals surface area (Å²) in [6.07, 6.45) is 4.19. The topological polar surface area (TPSA) is 64.2 Å². The molecule has 2 aromatic heterocycles. The first kappa shape index (κ1) is 22.6. The zero-order chi connectivity index (χ0) is 22.9. The minimum atomic E-state index is 0.0625. The van der Waals surface area contributed by atoms with Crippen molar-refractivity contribution in [1.82, 2.24) is 19.7 Å². The van der Waals surface area contributed by atoms with Crippen LogP contribution >= 0.6 is 11.8 Å². The molecule has 0 radical (unpaired) electrons. The number of carbonyl (C=O) groups is 1. The molecule has 4 aromatic rings. The maximum Gasteiger partial charge on any atom is 0.233 e. The van der Waals surface area contributed by atoms with E-state index in [9.17, 15) is 4.79 Å². The van der Waals surface area contributed by atoms with Crippen LogP contribution in [0.25, 0.3) is 11.6 Å². The van der Waals surface area contributed by atoms with Crippen molar-refractivity contribution in [2.75, 3.05) is 12.3 Å². The van der Waals surface area contributed by atoms with Crippen molar-refractivity contribution in [1.29, 1.82) is 0 Å². The van der Waals surface area contributed by atoms with E-state index in [1.54, 1.807) is 12.3 Å². The molecule has 0 spiro atoms. The third-order valence-electron chi connectivity index (χ3n) is 5.18. The van der Waals surface area contributed by atoms with Gasteiger partial charge in [0.2, 0.25) is 11.7 Å². The van der Waals surface area contributed by atoms with Crippen LogP contribution in [0.1, 0.15) is 11.1 Å². The van der Waals surface area contributed by atoms with E-state index in [1.165, 1.54) is 17.3 Å². The average molecular weight is 459 g/mol. The van der Waals surface area contributed by atoms with Gasteiger partial charge in [0.25, 0.3) is 0 Å². The smallest absolute Gasteiger partial charge is 0.233 e. The maximum atomic E-state index is 13.3. The van der Waals surface area contributed by atoms with Crippen LogP contribution in [0.15, 0.2) is 101 Å². The predicted octanol–water partition coefficient (Wildman–Crippen LogP) is 5.09. The van der Waals surface area contributed by atoms with Crippen LogP contribution < -0.4 is 0 Å². The molecule has 7 heteroatoms. The number of allylic oxidation sites excluding steroid dienone is 1. The number of thioether (sulfide) groups is 1. The summed E-state index contributed by atoms with van der Waals surface area (Å²) in [6, 6.07) is 24.0. The first-order valence-electron chi connectivity index (χ1n) is 10.8. The second-order valence-corrected chi connectivity index (χ2v) is 8.45. The summed E-state index contributed by atoms with van der Waals surface area (Å²) >= 11 is 1.38. The van der Waals surface area contributed by atoms with Gasteiger partial charge in [-0.2, -0.15) is 0 Å². The van der Waals surface area contributed by atoms with E-state index in [4.69, 9.17) is 4.42 Å². The number of aromatic nitrogens is 3. The van der Waals surface area contributed by atoms with E-state index < -0.39 is 0 Å². The number of nitrogens with zero attached hydrogens (tertiary/aromatic N) is 4. The average Bonchev–Trinajstić information content (AvgIpc) is 3.52. The van der Waals surface area contributed by atoms with Crippen molar-refractivity contribution in [3.05, 3.63) is 103 Å². The van der Waals surface area contributed by atoms with E-state index in [0.29, 0.717) is 36.4 Å². The number of hydrogen-bond acceptors (Lipinski definition) is 5. The maximum absolute atomic E-state index is 13.3. The number of benzene rings is 2. The fraction of sp³-hybridized carbons (Fsp3) is 0.192. The lowest BCUT2D eigenvalue weighted by Gasteiger charge is -2.23. The number of rotatable bonds is 11. The molecule has 0 saturated heterocycles. The van der Waals surface area contributed by atoms with Crippen molar-refractivity contribution in [3.8, 4) is 11.6 Å². The number of carbonyl (C=O) groups excluding carboxylic acids is 1. The van der Waals surface area contributed by atoms with Gasteiger partial charge in [0.05, 0.1) is 12.0 Å². The largest absolute Gasteiger partial charge is 0.461 e. The van der Waals surface area contributed by atoms with Crippen LogP contribution in [0.2, 0.25) is 0 Å². The molecular weight excluding hydrogens is 432 g/mol. The molecule has 1 amide bonds. The Kier molecular flexibility index (Phi) is 7.76. The number of furan rings is 1. The molecule has 6 nitrogen and oxygen atoms in total. The molecule has 0 bridgehead atoms. The van der Waals surface area contributed by atoms with Gasteiger partial charge in [-0.15, -0.1) is 16.8 Å². The summed E-state index contributed by atoms with van der Waals surface area (Å²) in [6.45, 7) is 5.58. The van der Waals surface area contributed by atoms with Gasteiger partial charge in [-0.05, 0) is 29.7 Å². The molecule has 0 N–H and O–H groups in total. The van der Waals surface area contributed by atoms with Crippen LogP contribution in [0.3, 0.4) is 0 Å². The van der Waals surface area contributed by atoms with Gasteiger partial charge in [0.1, 0.15) is 0 Å². The fourth-order valence-corrected chi connectivity index (χ4v) is 4.35. The van der Waals surface area contributed by atoms with Crippen molar-refractivity contribution < 1.29 is 9.21 Å². The SMILES string of the molecule is C=CCn1c(SCC(=O)N(CCc2ccccc2)Cc2ccccc2)nnc1-c1ccco1. The van der Waals surface area contributed by atoms with Crippen molar-refractivity contribution >= 4 is 17.7 Å². The van der Waals surface area contributed by atoms with Crippen molar-refractivity contribution in [2.45, 2.75) is 24.7 Å².